The van der Waals surface area contributed by atoms with Gasteiger partial charge in [0.15, 0.2) is 0 Å². The maximum atomic E-state index is 6.18. The van der Waals surface area contributed by atoms with E-state index >= 15 is 0 Å². The molecule has 5 nitrogen and oxygen atoms in total. The molecule has 0 bridgehead atoms. The van der Waals surface area contributed by atoms with Crippen LogP contribution in [-0.2, 0) is 13.0 Å². The number of hydrogen-bond acceptors (Lipinski definition) is 5. The minimum atomic E-state index is 0.587. The zero-order chi connectivity index (χ0) is 18.2. The van der Waals surface area contributed by atoms with Crippen molar-refractivity contribution in [1.29, 1.82) is 0 Å². The first-order valence-electron chi connectivity index (χ1n) is 8.42. The first kappa shape index (κ1) is 18.0. The number of nitrogens with zero attached hydrogens (tertiary/aromatic N) is 2. The number of ether oxygens (including phenoxy) is 1. The molecule has 2 aromatic carbocycles. The zero-order valence-electron chi connectivity index (χ0n) is 14.6. The number of aromatic nitrogens is 2. The van der Waals surface area contributed by atoms with Crippen molar-refractivity contribution >= 4 is 23.4 Å². The van der Waals surface area contributed by atoms with E-state index < -0.39 is 0 Å². The van der Waals surface area contributed by atoms with E-state index in [1.165, 1.54) is 0 Å². The molecular formula is C20H21ClN4O. The number of rotatable bonds is 8. The summed E-state index contributed by atoms with van der Waals surface area (Å²) in [5.74, 6) is 2.23. The fourth-order valence-corrected chi connectivity index (χ4v) is 2.79. The lowest BCUT2D eigenvalue weighted by Gasteiger charge is -2.10. The van der Waals surface area contributed by atoms with Crippen molar-refractivity contribution < 1.29 is 4.74 Å². The van der Waals surface area contributed by atoms with Crippen molar-refractivity contribution in [3.63, 3.8) is 0 Å². The number of para-hydroxylation sites is 1. The summed E-state index contributed by atoms with van der Waals surface area (Å²) in [5, 5.41) is 7.26. The van der Waals surface area contributed by atoms with Gasteiger partial charge in [0.1, 0.15) is 11.6 Å². The van der Waals surface area contributed by atoms with Crippen LogP contribution in [0.25, 0.3) is 0 Å². The van der Waals surface area contributed by atoms with Crippen molar-refractivity contribution in [1.82, 2.24) is 9.97 Å². The fourth-order valence-electron chi connectivity index (χ4n) is 2.59. The predicted molar refractivity (Wildman–Crippen MR) is 106 cm³/mol. The van der Waals surface area contributed by atoms with Gasteiger partial charge in [0, 0.05) is 24.3 Å². The van der Waals surface area contributed by atoms with Crippen molar-refractivity contribution in [3.8, 4) is 5.75 Å². The molecule has 0 spiro atoms. The van der Waals surface area contributed by atoms with Gasteiger partial charge in [0.05, 0.1) is 7.11 Å². The number of hydrogen-bond donors (Lipinski definition) is 2. The van der Waals surface area contributed by atoms with Gasteiger partial charge in [-0.3, -0.25) is 0 Å². The average Bonchev–Trinajstić information content (AvgIpc) is 2.68. The standard InChI is InChI=1S/C20H21ClN4O/c1-26-18-9-5-3-6-15(18)10-12-22-20-23-13-11-19(25-20)24-14-16-7-2-4-8-17(16)21/h2-9,11,13H,10,12,14H2,1H3,(H2,22,23,24,25). The van der Waals surface area contributed by atoms with Gasteiger partial charge in [-0.05, 0) is 35.7 Å². The van der Waals surface area contributed by atoms with Crippen LogP contribution in [0.3, 0.4) is 0 Å². The molecule has 0 unspecified atom stereocenters. The summed E-state index contributed by atoms with van der Waals surface area (Å²) in [6.07, 6.45) is 2.55. The van der Waals surface area contributed by atoms with Crippen molar-refractivity contribution in [2.45, 2.75) is 13.0 Å². The SMILES string of the molecule is COc1ccccc1CCNc1nccc(NCc2ccccc2Cl)n1. The summed E-state index contributed by atoms with van der Waals surface area (Å²) in [6.45, 7) is 1.33. The number of halogens is 1. The molecule has 2 N–H and O–H groups in total. The molecule has 1 heterocycles. The van der Waals surface area contributed by atoms with Gasteiger partial charge in [-0.1, -0.05) is 48.0 Å². The highest BCUT2D eigenvalue weighted by molar-refractivity contribution is 6.31. The van der Waals surface area contributed by atoms with E-state index in [0.717, 1.165) is 34.1 Å². The monoisotopic (exact) mass is 368 g/mol. The lowest BCUT2D eigenvalue weighted by Crippen LogP contribution is -2.10. The van der Waals surface area contributed by atoms with E-state index in [2.05, 4.69) is 26.7 Å². The molecule has 1 aromatic heterocycles. The molecule has 0 fully saturated rings. The van der Waals surface area contributed by atoms with Gasteiger partial charge >= 0.3 is 0 Å². The van der Waals surface area contributed by atoms with Gasteiger partial charge in [0.25, 0.3) is 0 Å². The van der Waals surface area contributed by atoms with E-state index in [0.29, 0.717) is 19.0 Å². The largest absolute Gasteiger partial charge is 0.496 e. The second kappa shape index (κ2) is 9.06. The van der Waals surface area contributed by atoms with Crippen LogP contribution in [0.5, 0.6) is 5.75 Å². The third-order valence-electron chi connectivity index (χ3n) is 3.94. The second-order valence-electron chi connectivity index (χ2n) is 5.70. The molecule has 0 radical (unpaired) electrons. The predicted octanol–water partition coefficient (Wildman–Crippen LogP) is 4.41. The average molecular weight is 369 g/mol. The van der Waals surface area contributed by atoms with Gasteiger partial charge in [-0.25, -0.2) is 4.98 Å². The van der Waals surface area contributed by atoms with Crippen LogP contribution in [0.15, 0.2) is 60.8 Å². The molecule has 3 aromatic rings. The van der Waals surface area contributed by atoms with E-state index in [4.69, 9.17) is 16.3 Å². The summed E-state index contributed by atoms with van der Waals surface area (Å²) < 4.78 is 5.37. The first-order valence-corrected chi connectivity index (χ1v) is 8.80. The molecule has 3 rings (SSSR count). The summed E-state index contributed by atoms with van der Waals surface area (Å²) in [6, 6.07) is 17.6. The Morgan fingerprint density at radius 1 is 0.962 bits per heavy atom. The Morgan fingerprint density at radius 3 is 2.54 bits per heavy atom. The molecule has 26 heavy (non-hydrogen) atoms. The summed E-state index contributed by atoms with van der Waals surface area (Å²) >= 11 is 6.18. The summed E-state index contributed by atoms with van der Waals surface area (Å²) in [4.78, 5) is 8.75. The lowest BCUT2D eigenvalue weighted by molar-refractivity contribution is 0.410. The van der Waals surface area contributed by atoms with Crippen LogP contribution in [0.2, 0.25) is 5.02 Å². The van der Waals surface area contributed by atoms with Crippen LogP contribution in [0, 0.1) is 0 Å². The van der Waals surface area contributed by atoms with E-state index in [-0.39, 0.29) is 0 Å². The van der Waals surface area contributed by atoms with Crippen molar-refractivity contribution in [3.05, 3.63) is 76.9 Å². The van der Waals surface area contributed by atoms with Crippen LogP contribution in [0.4, 0.5) is 11.8 Å². The highest BCUT2D eigenvalue weighted by Gasteiger charge is 2.04. The van der Waals surface area contributed by atoms with E-state index in [9.17, 15) is 0 Å². The van der Waals surface area contributed by atoms with Crippen molar-refractivity contribution in [2.24, 2.45) is 0 Å². The maximum absolute atomic E-state index is 6.18. The van der Waals surface area contributed by atoms with Gasteiger partial charge in [-0.15, -0.1) is 0 Å². The Morgan fingerprint density at radius 2 is 1.73 bits per heavy atom. The Balaban J connectivity index is 1.55. The number of anilines is 2. The van der Waals surface area contributed by atoms with Crippen molar-refractivity contribution in [2.75, 3.05) is 24.3 Å². The van der Waals surface area contributed by atoms with Crippen LogP contribution in [0.1, 0.15) is 11.1 Å². The van der Waals surface area contributed by atoms with Gasteiger partial charge in [-0.2, -0.15) is 4.98 Å². The molecule has 0 saturated heterocycles. The van der Waals surface area contributed by atoms with E-state index in [1.54, 1.807) is 13.3 Å². The molecule has 6 heteroatoms. The van der Waals surface area contributed by atoms with Crippen LogP contribution >= 0.6 is 11.6 Å². The normalized spacial score (nSPS) is 10.4. The molecule has 134 valence electrons. The molecule has 0 aliphatic rings. The molecule has 0 atom stereocenters. The highest BCUT2D eigenvalue weighted by Crippen LogP contribution is 2.18. The number of methoxy groups -OCH3 is 1. The topological polar surface area (TPSA) is 59.1 Å². The smallest absolute Gasteiger partial charge is 0.224 e. The molecule has 0 amide bonds. The first-order chi connectivity index (χ1) is 12.8. The number of benzene rings is 2. The van der Waals surface area contributed by atoms with E-state index in [1.807, 2.05) is 48.5 Å². The summed E-state index contributed by atoms with van der Waals surface area (Å²) in [7, 11) is 1.68. The fraction of sp³-hybridized carbons (Fsp3) is 0.200. The second-order valence-corrected chi connectivity index (χ2v) is 6.11. The maximum Gasteiger partial charge on any atom is 0.224 e. The zero-order valence-corrected chi connectivity index (χ0v) is 15.3. The quantitative estimate of drug-likeness (QED) is 0.617. The molecule has 0 aliphatic carbocycles. The minimum absolute atomic E-state index is 0.587. The van der Waals surface area contributed by atoms with Crippen LogP contribution < -0.4 is 15.4 Å². The molecular weight excluding hydrogens is 348 g/mol. The third kappa shape index (κ3) is 4.86. The minimum Gasteiger partial charge on any atom is -0.496 e. The Kier molecular flexibility index (Phi) is 6.28. The van der Waals surface area contributed by atoms with Crippen LogP contribution in [-0.4, -0.2) is 23.6 Å². The Bertz CT molecular complexity index is 856. The number of nitrogens with one attached hydrogen (secondary N) is 2. The van der Waals surface area contributed by atoms with Gasteiger partial charge < -0.3 is 15.4 Å². The summed E-state index contributed by atoms with van der Waals surface area (Å²) in [5.41, 5.74) is 2.17. The lowest BCUT2D eigenvalue weighted by atomic mass is 10.1. The Labute approximate surface area is 158 Å². The third-order valence-corrected chi connectivity index (χ3v) is 4.31. The highest BCUT2D eigenvalue weighted by atomic mass is 35.5. The molecule has 0 saturated carbocycles. The Hall–Kier alpha value is -2.79. The van der Waals surface area contributed by atoms with Gasteiger partial charge in [0.2, 0.25) is 5.95 Å². The molecule has 0 aliphatic heterocycles.